The quantitative estimate of drug-likeness (QED) is 0.181. The molecule has 3 fully saturated rings. The third-order valence-electron chi connectivity index (χ3n) is 9.36. The summed E-state index contributed by atoms with van der Waals surface area (Å²) in [7, 11) is -8.97. The molecule has 3 heterocycles. The Kier molecular flexibility index (Phi) is 7.88. The van der Waals surface area contributed by atoms with Gasteiger partial charge in [0.15, 0.2) is 23.2 Å². The maximum atomic E-state index is 12.9. The number of ether oxygens (including phenoxy) is 2. The van der Waals surface area contributed by atoms with Crippen molar-refractivity contribution in [2.75, 3.05) is 17.4 Å². The molecule has 1 aliphatic heterocycles. The van der Waals surface area contributed by atoms with Crippen LogP contribution in [0.4, 0.5) is 10.6 Å². The molecule has 2 aromatic heterocycles. The summed E-state index contributed by atoms with van der Waals surface area (Å²) in [6, 6.07) is 0. The number of aliphatic hydroxyl groups is 2. The van der Waals surface area contributed by atoms with E-state index in [9.17, 15) is 29.0 Å². The zero-order valence-electron chi connectivity index (χ0n) is 22.6. The second-order valence-corrected chi connectivity index (χ2v) is 16.9. The van der Waals surface area contributed by atoms with Gasteiger partial charge in [-0.25, -0.2) is 9.78 Å². The van der Waals surface area contributed by atoms with Gasteiger partial charge in [0.2, 0.25) is 12.7 Å². The number of carbonyl (C=O) groups excluding carboxylic acids is 1. The summed E-state index contributed by atoms with van der Waals surface area (Å²) in [6.45, 7) is 6.56. The van der Waals surface area contributed by atoms with E-state index in [0.717, 1.165) is 19.3 Å². The molecule has 2 bridgehead atoms. The summed E-state index contributed by atoms with van der Waals surface area (Å²) in [4.78, 5) is 53.4. The zero-order valence-corrected chi connectivity index (χ0v) is 25.2. The highest BCUT2D eigenvalue weighted by Crippen LogP contribution is 2.66. The first-order valence-corrected chi connectivity index (χ1v) is 17.4. The highest BCUT2D eigenvalue weighted by Gasteiger charge is 2.63. The van der Waals surface area contributed by atoms with Crippen molar-refractivity contribution in [1.82, 2.24) is 19.5 Å². The van der Waals surface area contributed by atoms with E-state index < -0.39 is 57.7 Å². The van der Waals surface area contributed by atoms with E-state index in [1.165, 1.54) is 10.9 Å². The normalized spacial score (nSPS) is 34.2. The van der Waals surface area contributed by atoms with Gasteiger partial charge in [0.05, 0.1) is 12.4 Å². The average Bonchev–Trinajstić information content (AvgIpc) is 3.49. The van der Waals surface area contributed by atoms with Crippen LogP contribution in [0.3, 0.4) is 0 Å². The highest BCUT2D eigenvalue weighted by molar-refractivity contribution is 7.72. The minimum atomic E-state index is -4.74. The third-order valence-corrected chi connectivity index (χ3v) is 13.7. The number of nitrogens with one attached hydrogen (secondary N) is 1. The maximum absolute atomic E-state index is 12.9. The van der Waals surface area contributed by atoms with Crippen molar-refractivity contribution in [2.45, 2.75) is 77.1 Å². The van der Waals surface area contributed by atoms with Crippen molar-refractivity contribution >= 4 is 49.6 Å². The number of aliphatic hydroxyl groups excluding tert-OH is 2. The molecule has 1 saturated heterocycles. The van der Waals surface area contributed by atoms with Gasteiger partial charge in [-0.15, -0.1) is 0 Å². The second-order valence-electron chi connectivity index (χ2n) is 12.0. The molecule has 4 unspecified atom stereocenters. The van der Waals surface area contributed by atoms with Gasteiger partial charge >= 0.3 is 13.7 Å². The molecule has 0 radical (unpaired) electrons. The molecule has 228 valence electrons. The molecule has 8 atom stereocenters. The standard InChI is InChI=1S/C23H34ClN5O10P2/c1-22(2)11-4-6-23(22,3)13(8-11)39-21(32)27-17-14-18(28-20(24)26-17)29(9-25-14)19-16(31)15(30)12(38-19)5-7-40(33,34)10-41(35,36)37/h9,11-13,15-16,19,30-31H,4-8,10H2,1-3H3,(H,33,34)(H2,35,36,37)(H,26,27,28,32)/t11-,12-,13?,15?,16?,19-,23+/m1/s1. The summed E-state index contributed by atoms with van der Waals surface area (Å²) in [6.07, 6.45) is -3.11. The number of imidazole rings is 1. The fraction of sp³-hybridized carbons (Fsp3) is 0.739. The number of rotatable bonds is 8. The molecule has 2 aromatic rings. The number of hydrogen-bond donors (Lipinski definition) is 6. The summed E-state index contributed by atoms with van der Waals surface area (Å²) in [5.74, 6) is -0.763. The minimum Gasteiger partial charge on any atom is -0.445 e. The first kappa shape index (κ1) is 30.8. The van der Waals surface area contributed by atoms with Crippen molar-refractivity contribution in [3.8, 4) is 0 Å². The number of anilines is 1. The van der Waals surface area contributed by atoms with Gasteiger partial charge in [-0.1, -0.05) is 20.8 Å². The monoisotopic (exact) mass is 637 g/mol. The highest BCUT2D eigenvalue weighted by atomic mass is 35.5. The Hall–Kier alpha value is -1.67. The van der Waals surface area contributed by atoms with E-state index in [4.69, 9.17) is 30.9 Å². The number of aromatic nitrogens is 4. The molecule has 0 spiro atoms. The van der Waals surface area contributed by atoms with Gasteiger partial charge in [0.1, 0.15) is 24.2 Å². The number of halogens is 1. The molecule has 1 amide bonds. The number of amides is 1. The fourth-order valence-corrected chi connectivity index (χ4v) is 10.3. The van der Waals surface area contributed by atoms with Crippen molar-refractivity contribution in [3.63, 3.8) is 0 Å². The van der Waals surface area contributed by atoms with Gasteiger partial charge in [-0.3, -0.25) is 19.0 Å². The van der Waals surface area contributed by atoms with E-state index >= 15 is 0 Å². The topological polar surface area (TPSA) is 226 Å². The van der Waals surface area contributed by atoms with Gasteiger partial charge in [-0.05, 0) is 48.6 Å². The van der Waals surface area contributed by atoms with Gasteiger partial charge < -0.3 is 34.4 Å². The van der Waals surface area contributed by atoms with Crippen LogP contribution in [0, 0.1) is 16.7 Å². The molecule has 2 aliphatic carbocycles. The summed E-state index contributed by atoms with van der Waals surface area (Å²) < 4.78 is 36.2. The van der Waals surface area contributed by atoms with E-state index in [0.29, 0.717) is 5.92 Å². The molecular formula is C23H34ClN5O10P2. The lowest BCUT2D eigenvalue weighted by Gasteiger charge is -2.38. The van der Waals surface area contributed by atoms with Crippen molar-refractivity contribution in [2.24, 2.45) is 16.7 Å². The van der Waals surface area contributed by atoms with Crippen LogP contribution in [0.15, 0.2) is 6.33 Å². The summed E-state index contributed by atoms with van der Waals surface area (Å²) >= 11 is 6.14. The largest absolute Gasteiger partial charge is 0.445 e. The Morgan fingerprint density at radius 1 is 1.22 bits per heavy atom. The smallest absolute Gasteiger partial charge is 0.413 e. The first-order chi connectivity index (χ1) is 18.9. The van der Waals surface area contributed by atoms with Crippen LogP contribution in [0.25, 0.3) is 11.2 Å². The second kappa shape index (κ2) is 10.5. The van der Waals surface area contributed by atoms with Crippen LogP contribution in [0.5, 0.6) is 0 Å². The molecule has 18 heteroatoms. The van der Waals surface area contributed by atoms with Crippen LogP contribution in [0.2, 0.25) is 5.28 Å². The van der Waals surface area contributed by atoms with Crippen LogP contribution in [-0.2, 0) is 18.6 Å². The predicted octanol–water partition coefficient (Wildman–Crippen LogP) is 2.66. The molecule has 3 aliphatic rings. The molecule has 0 aromatic carbocycles. The fourth-order valence-electron chi connectivity index (χ4n) is 6.61. The number of carbonyl (C=O) groups is 1. The van der Waals surface area contributed by atoms with Crippen molar-refractivity contribution < 1.29 is 48.3 Å². The van der Waals surface area contributed by atoms with Crippen LogP contribution in [0.1, 0.15) is 52.7 Å². The molecule has 5 rings (SSSR count). The van der Waals surface area contributed by atoms with Crippen LogP contribution < -0.4 is 5.32 Å². The lowest BCUT2D eigenvalue weighted by molar-refractivity contribution is -0.0354. The molecule has 2 saturated carbocycles. The Morgan fingerprint density at radius 3 is 2.54 bits per heavy atom. The minimum absolute atomic E-state index is 0.0282. The molecule has 41 heavy (non-hydrogen) atoms. The zero-order chi connectivity index (χ0) is 30.1. The first-order valence-electron chi connectivity index (χ1n) is 13.2. The Bertz CT molecular complexity index is 1450. The molecule has 15 nitrogen and oxygen atoms in total. The van der Waals surface area contributed by atoms with Gasteiger partial charge in [0, 0.05) is 11.6 Å². The number of hydrogen-bond acceptors (Lipinski definition) is 10. The van der Waals surface area contributed by atoms with E-state index in [2.05, 4.69) is 41.0 Å². The SMILES string of the molecule is CC1(C)[C@@H]2CC[C@@]1(C)C(OC(=O)Nc1nc(Cl)nc3c1ncn3[C@@H]1O[C@H](CCP(=O)(O)CP(=O)(O)O)C(O)C1O)C2. The third kappa shape index (κ3) is 5.69. The van der Waals surface area contributed by atoms with Gasteiger partial charge in [0.25, 0.3) is 0 Å². The summed E-state index contributed by atoms with van der Waals surface area (Å²) in [5.41, 5.74) is 0.0727. The Balaban J connectivity index is 1.31. The molecule has 6 N–H and O–H groups in total. The Labute approximate surface area is 240 Å². The lowest BCUT2D eigenvalue weighted by atomic mass is 9.70. The van der Waals surface area contributed by atoms with Crippen molar-refractivity contribution in [1.29, 1.82) is 0 Å². The number of fused-ring (bicyclic) bond motifs is 3. The van der Waals surface area contributed by atoms with Crippen LogP contribution >= 0.6 is 26.6 Å². The van der Waals surface area contributed by atoms with E-state index in [1.54, 1.807) is 0 Å². The van der Waals surface area contributed by atoms with Gasteiger partial charge in [-0.2, -0.15) is 9.97 Å². The van der Waals surface area contributed by atoms with E-state index in [-0.39, 0.29) is 45.6 Å². The predicted molar refractivity (Wildman–Crippen MR) is 146 cm³/mol. The number of nitrogens with zero attached hydrogens (tertiary/aromatic N) is 4. The van der Waals surface area contributed by atoms with Crippen molar-refractivity contribution in [3.05, 3.63) is 11.6 Å². The average molecular weight is 638 g/mol. The maximum Gasteiger partial charge on any atom is 0.413 e. The Morgan fingerprint density at radius 2 is 1.93 bits per heavy atom. The van der Waals surface area contributed by atoms with Crippen LogP contribution in [-0.4, -0.2) is 87.0 Å². The molecular weight excluding hydrogens is 604 g/mol. The summed E-state index contributed by atoms with van der Waals surface area (Å²) in [5, 5.41) is 23.6. The van der Waals surface area contributed by atoms with E-state index in [1.807, 2.05) is 0 Å². The lowest BCUT2D eigenvalue weighted by Crippen LogP contribution is -2.39.